The molecule has 0 aliphatic heterocycles. The number of aromatic nitrogens is 1. The second kappa shape index (κ2) is 3.90. The largest absolute Gasteiger partial charge is 0.392 e. The molecule has 1 unspecified atom stereocenters. The Morgan fingerprint density at radius 3 is 2.65 bits per heavy atom. The van der Waals surface area contributed by atoms with Crippen molar-refractivity contribution < 1.29 is 5.11 Å². The second-order valence-electron chi connectivity index (χ2n) is 4.54. The van der Waals surface area contributed by atoms with Crippen molar-refractivity contribution in [2.75, 3.05) is 0 Å². The van der Waals surface area contributed by atoms with Crippen molar-refractivity contribution in [2.24, 2.45) is 0 Å². The van der Waals surface area contributed by atoms with E-state index in [1.54, 1.807) is 0 Å². The van der Waals surface area contributed by atoms with Crippen molar-refractivity contribution in [1.82, 2.24) is 4.57 Å². The van der Waals surface area contributed by atoms with Crippen LogP contribution in [-0.2, 0) is 6.54 Å². The van der Waals surface area contributed by atoms with Crippen LogP contribution in [0.2, 0.25) is 0 Å². The maximum absolute atomic E-state index is 9.53. The van der Waals surface area contributed by atoms with E-state index in [1.807, 2.05) is 13.1 Å². The number of benzene rings is 2. The molecule has 3 aromatic rings. The van der Waals surface area contributed by atoms with Crippen LogP contribution in [-0.4, -0.2) is 15.8 Å². The maximum atomic E-state index is 9.53. The standard InChI is InChI=1S/C15H15NO/c1-11(17)10-16-9-8-13-7-6-12-4-2-3-5-14(12)15(13)16/h2-9,11,17H,10H2,1H3. The van der Waals surface area contributed by atoms with E-state index >= 15 is 0 Å². The summed E-state index contributed by atoms with van der Waals surface area (Å²) in [6.45, 7) is 2.45. The Hall–Kier alpha value is -1.80. The van der Waals surface area contributed by atoms with E-state index in [0.29, 0.717) is 6.54 Å². The third kappa shape index (κ3) is 1.71. The molecule has 1 atom stereocenters. The van der Waals surface area contributed by atoms with Crippen molar-refractivity contribution in [2.45, 2.75) is 19.6 Å². The fourth-order valence-electron chi connectivity index (χ4n) is 2.41. The minimum atomic E-state index is -0.329. The van der Waals surface area contributed by atoms with Crippen molar-refractivity contribution in [1.29, 1.82) is 0 Å². The van der Waals surface area contributed by atoms with Crippen molar-refractivity contribution in [3.05, 3.63) is 48.7 Å². The van der Waals surface area contributed by atoms with Gasteiger partial charge in [-0.15, -0.1) is 0 Å². The van der Waals surface area contributed by atoms with Crippen LogP contribution in [0.4, 0.5) is 0 Å². The summed E-state index contributed by atoms with van der Waals surface area (Å²) < 4.78 is 2.13. The van der Waals surface area contributed by atoms with Crippen LogP contribution < -0.4 is 0 Å². The Morgan fingerprint density at radius 1 is 1.06 bits per heavy atom. The third-order valence-corrected chi connectivity index (χ3v) is 3.11. The molecule has 86 valence electrons. The molecule has 2 nitrogen and oxygen atoms in total. The van der Waals surface area contributed by atoms with Crippen molar-refractivity contribution >= 4 is 21.7 Å². The predicted octanol–water partition coefficient (Wildman–Crippen LogP) is 3.18. The van der Waals surface area contributed by atoms with Crippen LogP contribution >= 0.6 is 0 Å². The van der Waals surface area contributed by atoms with E-state index in [0.717, 1.165) is 0 Å². The minimum absolute atomic E-state index is 0.329. The molecule has 0 saturated heterocycles. The lowest BCUT2D eigenvalue weighted by atomic mass is 10.1. The monoisotopic (exact) mass is 225 g/mol. The summed E-state index contributed by atoms with van der Waals surface area (Å²) in [6, 6.07) is 14.7. The zero-order valence-corrected chi connectivity index (χ0v) is 9.80. The van der Waals surface area contributed by atoms with Gasteiger partial charge < -0.3 is 9.67 Å². The summed E-state index contributed by atoms with van der Waals surface area (Å²) in [4.78, 5) is 0. The molecular formula is C15H15NO. The molecule has 0 fully saturated rings. The number of hydrogen-bond donors (Lipinski definition) is 1. The highest BCUT2D eigenvalue weighted by Crippen LogP contribution is 2.26. The predicted molar refractivity (Wildman–Crippen MR) is 71.1 cm³/mol. The highest BCUT2D eigenvalue weighted by atomic mass is 16.3. The molecule has 0 aliphatic rings. The van der Waals surface area contributed by atoms with Crippen molar-refractivity contribution in [3.8, 4) is 0 Å². The molecule has 2 aromatic carbocycles. The number of rotatable bonds is 2. The highest BCUT2D eigenvalue weighted by molar-refractivity contribution is 6.05. The topological polar surface area (TPSA) is 25.2 Å². The van der Waals surface area contributed by atoms with E-state index < -0.39 is 0 Å². The van der Waals surface area contributed by atoms with Gasteiger partial charge >= 0.3 is 0 Å². The molecule has 1 N–H and O–H groups in total. The molecule has 0 bridgehead atoms. The molecule has 3 rings (SSSR count). The van der Waals surface area contributed by atoms with Gasteiger partial charge in [-0.25, -0.2) is 0 Å². The minimum Gasteiger partial charge on any atom is -0.392 e. The Morgan fingerprint density at radius 2 is 1.82 bits per heavy atom. The summed E-state index contributed by atoms with van der Waals surface area (Å²) in [5.74, 6) is 0. The van der Waals surface area contributed by atoms with E-state index in [4.69, 9.17) is 0 Å². The highest BCUT2D eigenvalue weighted by Gasteiger charge is 2.06. The molecule has 0 aliphatic carbocycles. The van der Waals surface area contributed by atoms with Gasteiger partial charge in [0, 0.05) is 23.5 Å². The summed E-state index contributed by atoms with van der Waals surface area (Å²) in [6.07, 6.45) is 1.72. The zero-order chi connectivity index (χ0) is 11.8. The molecular weight excluding hydrogens is 210 g/mol. The number of hydrogen-bond acceptors (Lipinski definition) is 1. The molecule has 17 heavy (non-hydrogen) atoms. The van der Waals surface area contributed by atoms with Crippen LogP contribution in [0.5, 0.6) is 0 Å². The molecule has 0 radical (unpaired) electrons. The van der Waals surface area contributed by atoms with Crippen molar-refractivity contribution in [3.63, 3.8) is 0 Å². The molecule has 2 heteroatoms. The smallest absolute Gasteiger partial charge is 0.0691 e. The van der Waals surface area contributed by atoms with Gasteiger partial charge in [0.1, 0.15) is 0 Å². The first-order valence-corrected chi connectivity index (χ1v) is 5.90. The Labute approximate surface area is 100 Å². The fourth-order valence-corrected chi connectivity index (χ4v) is 2.41. The third-order valence-electron chi connectivity index (χ3n) is 3.11. The van der Waals surface area contributed by atoms with Crippen LogP contribution in [0, 0.1) is 0 Å². The number of fused-ring (bicyclic) bond motifs is 3. The van der Waals surface area contributed by atoms with Gasteiger partial charge in [0.05, 0.1) is 11.6 Å². The van der Waals surface area contributed by atoms with Gasteiger partial charge in [-0.2, -0.15) is 0 Å². The zero-order valence-electron chi connectivity index (χ0n) is 9.80. The van der Waals surface area contributed by atoms with Crippen LogP contribution in [0.25, 0.3) is 21.7 Å². The van der Waals surface area contributed by atoms with Gasteiger partial charge in [-0.3, -0.25) is 0 Å². The average molecular weight is 225 g/mol. The second-order valence-corrected chi connectivity index (χ2v) is 4.54. The van der Waals surface area contributed by atoms with Gasteiger partial charge in [-0.05, 0) is 18.4 Å². The van der Waals surface area contributed by atoms with Gasteiger partial charge in [0.2, 0.25) is 0 Å². The maximum Gasteiger partial charge on any atom is 0.0691 e. The first-order valence-electron chi connectivity index (χ1n) is 5.90. The number of aliphatic hydroxyl groups is 1. The normalized spacial score (nSPS) is 13.3. The van der Waals surface area contributed by atoms with E-state index in [2.05, 4.69) is 47.0 Å². The Bertz CT molecular complexity index is 667. The molecule has 0 amide bonds. The Balaban J connectivity index is 2.34. The van der Waals surface area contributed by atoms with Crippen LogP contribution in [0.1, 0.15) is 6.92 Å². The molecule has 1 aromatic heterocycles. The van der Waals surface area contributed by atoms with E-state index in [-0.39, 0.29) is 6.10 Å². The van der Waals surface area contributed by atoms with Crippen LogP contribution in [0.15, 0.2) is 48.7 Å². The fraction of sp³-hybridized carbons (Fsp3) is 0.200. The van der Waals surface area contributed by atoms with Gasteiger partial charge in [0.15, 0.2) is 0 Å². The lowest BCUT2D eigenvalue weighted by Crippen LogP contribution is -2.10. The average Bonchev–Trinajstić information content (AvgIpc) is 2.72. The van der Waals surface area contributed by atoms with E-state index in [1.165, 1.54) is 21.7 Å². The summed E-state index contributed by atoms with van der Waals surface area (Å²) in [5, 5.41) is 13.2. The number of nitrogens with zero attached hydrogens (tertiary/aromatic N) is 1. The number of aliphatic hydroxyl groups excluding tert-OH is 1. The Kier molecular flexibility index (Phi) is 2.37. The molecule has 0 saturated carbocycles. The van der Waals surface area contributed by atoms with Gasteiger partial charge in [-0.1, -0.05) is 36.4 Å². The molecule has 1 heterocycles. The lowest BCUT2D eigenvalue weighted by molar-refractivity contribution is 0.175. The first-order chi connectivity index (χ1) is 8.25. The summed E-state index contributed by atoms with van der Waals surface area (Å²) in [5.41, 5.74) is 1.21. The van der Waals surface area contributed by atoms with E-state index in [9.17, 15) is 5.11 Å². The van der Waals surface area contributed by atoms with Crippen LogP contribution in [0.3, 0.4) is 0 Å². The lowest BCUT2D eigenvalue weighted by Gasteiger charge is -2.09. The first kappa shape index (κ1) is 10.4. The summed E-state index contributed by atoms with van der Waals surface area (Å²) >= 11 is 0. The molecule has 0 spiro atoms. The summed E-state index contributed by atoms with van der Waals surface area (Å²) in [7, 11) is 0. The SMILES string of the molecule is CC(O)Cn1ccc2ccc3ccccc3c21. The quantitative estimate of drug-likeness (QED) is 0.712. The van der Waals surface area contributed by atoms with Gasteiger partial charge in [0.25, 0.3) is 0 Å².